The van der Waals surface area contributed by atoms with Crippen molar-refractivity contribution in [2.45, 2.75) is 70.2 Å². The molecule has 1 aromatic carbocycles. The highest BCUT2D eigenvalue weighted by atomic mass is 32.2. The van der Waals surface area contributed by atoms with Crippen LogP contribution in [-0.4, -0.2) is 91.3 Å². The molecule has 0 unspecified atom stereocenters. The highest BCUT2D eigenvalue weighted by Crippen LogP contribution is 2.34. The van der Waals surface area contributed by atoms with Gasteiger partial charge in [-0.1, -0.05) is 29.5 Å². The van der Waals surface area contributed by atoms with Gasteiger partial charge in [0.15, 0.2) is 29.7 Å². The predicted molar refractivity (Wildman–Crippen MR) is 140 cm³/mol. The van der Waals surface area contributed by atoms with E-state index in [0.29, 0.717) is 0 Å². The van der Waals surface area contributed by atoms with E-state index in [1.54, 1.807) is 19.1 Å². The highest BCUT2D eigenvalue weighted by Gasteiger charge is 2.56. The molecule has 0 saturated carbocycles. The number of benzene rings is 1. The van der Waals surface area contributed by atoms with Gasteiger partial charge in [0.25, 0.3) is 10.0 Å². The fourth-order valence-corrected chi connectivity index (χ4v) is 5.70. The molecular formula is C24H29N3O12S2. The van der Waals surface area contributed by atoms with E-state index in [4.69, 9.17) is 23.7 Å². The SMILES string of the molecule is CC(=O)OC[C@H]1O[C@@H](N2C(=O)CS/C2=N\NS(=O)(=O)c2ccc(C)cc2)[C@H](OC(C)=O)[C@@H](OC(C)=O)[C@@H]1OC(C)=O. The average molecular weight is 616 g/mol. The molecule has 2 aliphatic heterocycles. The Morgan fingerprint density at radius 3 is 2.07 bits per heavy atom. The van der Waals surface area contributed by atoms with Crippen molar-refractivity contribution in [3.05, 3.63) is 29.8 Å². The number of hydrogen-bond donors (Lipinski definition) is 1. The molecular weight excluding hydrogens is 586 g/mol. The second kappa shape index (κ2) is 13.3. The number of nitrogens with zero attached hydrogens (tertiary/aromatic N) is 2. The summed E-state index contributed by atoms with van der Waals surface area (Å²) in [7, 11) is -4.15. The van der Waals surface area contributed by atoms with Crippen LogP contribution in [0.4, 0.5) is 0 Å². The van der Waals surface area contributed by atoms with Gasteiger partial charge in [-0.3, -0.25) is 28.9 Å². The predicted octanol–water partition coefficient (Wildman–Crippen LogP) is 0.203. The minimum absolute atomic E-state index is 0.0828. The van der Waals surface area contributed by atoms with Crippen LogP contribution in [0.3, 0.4) is 0 Å². The van der Waals surface area contributed by atoms with Crippen molar-refractivity contribution >= 4 is 56.7 Å². The second-order valence-electron chi connectivity index (χ2n) is 8.94. The first kappa shape index (κ1) is 31.8. The van der Waals surface area contributed by atoms with Gasteiger partial charge in [-0.25, -0.2) is 0 Å². The zero-order valence-electron chi connectivity index (χ0n) is 22.7. The van der Waals surface area contributed by atoms with Crippen LogP contribution in [0.15, 0.2) is 34.3 Å². The molecule has 0 radical (unpaired) electrons. The van der Waals surface area contributed by atoms with Gasteiger partial charge in [-0.2, -0.15) is 13.2 Å². The first-order valence-electron chi connectivity index (χ1n) is 12.1. The molecule has 17 heteroatoms. The Morgan fingerprint density at radius 2 is 1.51 bits per heavy atom. The smallest absolute Gasteiger partial charge is 0.303 e. The minimum Gasteiger partial charge on any atom is -0.463 e. The quantitative estimate of drug-likeness (QED) is 0.225. The Balaban J connectivity index is 2.04. The van der Waals surface area contributed by atoms with Crippen molar-refractivity contribution in [2.24, 2.45) is 5.10 Å². The van der Waals surface area contributed by atoms with Crippen molar-refractivity contribution in [2.75, 3.05) is 12.4 Å². The van der Waals surface area contributed by atoms with Crippen LogP contribution < -0.4 is 4.83 Å². The molecule has 0 spiro atoms. The molecule has 1 N–H and O–H groups in total. The van der Waals surface area contributed by atoms with E-state index in [1.807, 2.05) is 0 Å². The van der Waals surface area contributed by atoms with Gasteiger partial charge in [-0.05, 0) is 19.1 Å². The van der Waals surface area contributed by atoms with E-state index in [1.165, 1.54) is 12.1 Å². The lowest BCUT2D eigenvalue weighted by Gasteiger charge is -2.46. The number of thioether (sulfide) groups is 1. The third-order valence-electron chi connectivity index (χ3n) is 5.61. The maximum absolute atomic E-state index is 13.1. The van der Waals surface area contributed by atoms with Gasteiger partial charge >= 0.3 is 23.9 Å². The van der Waals surface area contributed by atoms with E-state index in [9.17, 15) is 32.4 Å². The van der Waals surface area contributed by atoms with E-state index >= 15 is 0 Å². The standard InChI is InChI=1S/C24H29N3O12S2/c1-12-6-8-17(9-7-12)41(33,34)26-25-24-27(19(32)11-40-24)23-22(38-16(5)31)21(37-15(4)30)20(36-14(3)29)18(39-23)10-35-13(2)28/h6-9,18,20-23,26H,10-11H2,1-5H3/b25-24-/t18-,20-,21+,22-,23-/m1/s1. The molecule has 0 aliphatic carbocycles. The van der Waals surface area contributed by atoms with Gasteiger partial charge < -0.3 is 23.7 Å². The minimum atomic E-state index is -4.15. The number of carbonyl (C=O) groups is 5. The summed E-state index contributed by atoms with van der Waals surface area (Å²) < 4.78 is 52.8. The number of aryl methyl sites for hydroxylation is 1. The van der Waals surface area contributed by atoms with E-state index in [0.717, 1.165) is 49.9 Å². The fraction of sp³-hybridized carbons (Fsp3) is 0.500. The number of hydrogen-bond acceptors (Lipinski definition) is 14. The van der Waals surface area contributed by atoms with Gasteiger partial charge in [0.05, 0.1) is 10.6 Å². The molecule has 1 amide bonds. The molecule has 2 fully saturated rings. The van der Waals surface area contributed by atoms with Crippen LogP contribution in [0, 0.1) is 6.92 Å². The Morgan fingerprint density at radius 1 is 0.951 bits per heavy atom. The number of amides is 1. The Bertz CT molecular complexity index is 1330. The normalized spacial score (nSPS) is 25.4. The van der Waals surface area contributed by atoms with Crippen molar-refractivity contribution in [3.63, 3.8) is 0 Å². The van der Waals surface area contributed by atoms with Crippen LogP contribution >= 0.6 is 11.8 Å². The van der Waals surface area contributed by atoms with Crippen LogP contribution in [-0.2, 0) is 57.7 Å². The number of carbonyl (C=O) groups excluding carboxylic acids is 5. The van der Waals surface area contributed by atoms with Crippen molar-refractivity contribution < 1.29 is 56.1 Å². The van der Waals surface area contributed by atoms with Crippen molar-refractivity contribution in [3.8, 4) is 0 Å². The summed E-state index contributed by atoms with van der Waals surface area (Å²) in [6.07, 6.45) is -7.41. The molecule has 3 rings (SSSR count). The number of amidine groups is 1. The van der Waals surface area contributed by atoms with E-state index in [2.05, 4.69) is 9.93 Å². The van der Waals surface area contributed by atoms with Crippen LogP contribution in [0.5, 0.6) is 0 Å². The first-order valence-corrected chi connectivity index (χ1v) is 14.6. The van der Waals surface area contributed by atoms with Gasteiger partial charge in [0.2, 0.25) is 5.91 Å². The zero-order valence-corrected chi connectivity index (χ0v) is 24.4. The Kier molecular flexibility index (Phi) is 10.3. The maximum atomic E-state index is 13.1. The molecule has 2 aliphatic rings. The van der Waals surface area contributed by atoms with Crippen LogP contribution in [0.2, 0.25) is 0 Å². The highest BCUT2D eigenvalue weighted by molar-refractivity contribution is 8.15. The number of sulfonamides is 1. The van der Waals surface area contributed by atoms with Crippen molar-refractivity contribution in [1.29, 1.82) is 0 Å². The summed E-state index contributed by atoms with van der Waals surface area (Å²) in [6.45, 7) is 5.60. The van der Waals surface area contributed by atoms with Gasteiger partial charge in [0, 0.05) is 27.7 Å². The summed E-state index contributed by atoms with van der Waals surface area (Å²) >= 11 is 0.858. The Hall–Kier alpha value is -3.70. The molecule has 2 heterocycles. The topological polar surface area (TPSA) is 193 Å². The van der Waals surface area contributed by atoms with E-state index in [-0.39, 0.29) is 15.8 Å². The molecule has 2 saturated heterocycles. The van der Waals surface area contributed by atoms with E-state index < -0.39 is 77.1 Å². The maximum Gasteiger partial charge on any atom is 0.303 e. The first-order chi connectivity index (χ1) is 19.2. The lowest BCUT2D eigenvalue weighted by atomic mass is 9.96. The number of rotatable bonds is 9. The number of ether oxygens (including phenoxy) is 5. The largest absolute Gasteiger partial charge is 0.463 e. The van der Waals surface area contributed by atoms with Crippen LogP contribution in [0.25, 0.3) is 0 Å². The zero-order chi connectivity index (χ0) is 30.5. The monoisotopic (exact) mass is 615 g/mol. The Labute approximate surface area is 239 Å². The van der Waals surface area contributed by atoms with Gasteiger partial charge in [0.1, 0.15) is 12.7 Å². The third kappa shape index (κ3) is 8.17. The summed E-state index contributed by atoms with van der Waals surface area (Å²) in [6, 6.07) is 5.95. The molecule has 5 atom stereocenters. The van der Waals surface area contributed by atoms with Gasteiger partial charge in [-0.15, -0.1) is 5.10 Å². The van der Waals surface area contributed by atoms with Crippen molar-refractivity contribution in [1.82, 2.24) is 9.73 Å². The molecule has 224 valence electrons. The average Bonchev–Trinajstić information content (AvgIpc) is 3.23. The summed E-state index contributed by atoms with van der Waals surface area (Å²) in [5, 5.41) is 3.74. The summed E-state index contributed by atoms with van der Waals surface area (Å²) in [5.74, 6) is -4.05. The lowest BCUT2D eigenvalue weighted by molar-refractivity contribution is -0.268. The molecule has 0 bridgehead atoms. The lowest BCUT2D eigenvalue weighted by Crippen LogP contribution is -2.66. The number of hydrazone groups is 1. The second-order valence-corrected chi connectivity index (χ2v) is 11.5. The molecule has 41 heavy (non-hydrogen) atoms. The molecule has 1 aromatic rings. The fourth-order valence-electron chi connectivity index (χ4n) is 3.99. The van der Waals surface area contributed by atoms with Crippen LogP contribution in [0.1, 0.15) is 33.3 Å². The summed E-state index contributed by atoms with van der Waals surface area (Å²) in [5.41, 5.74) is 0.835. The summed E-state index contributed by atoms with van der Waals surface area (Å²) in [4.78, 5) is 63.6. The molecule has 15 nitrogen and oxygen atoms in total. The molecule has 0 aromatic heterocycles. The third-order valence-corrected chi connectivity index (χ3v) is 7.77. The number of nitrogens with one attached hydrogen (secondary N) is 1. The number of esters is 4.